The van der Waals surface area contributed by atoms with Gasteiger partial charge in [0.1, 0.15) is 5.69 Å². The second-order valence-corrected chi connectivity index (χ2v) is 21.0. The maximum Gasteiger partial charge on any atom is 0.261 e. The van der Waals surface area contributed by atoms with Crippen LogP contribution in [0.5, 0.6) is 0 Å². The third-order valence-corrected chi connectivity index (χ3v) is 12.7. The highest BCUT2D eigenvalue weighted by Gasteiger charge is 2.25. The number of benzene rings is 4. The zero-order valence-corrected chi connectivity index (χ0v) is 40.2. The van der Waals surface area contributed by atoms with E-state index in [2.05, 4.69) is 71.6 Å². The molecule has 338 valence electrons. The molecule has 15 nitrogen and oxygen atoms in total. The van der Waals surface area contributed by atoms with Crippen molar-refractivity contribution in [3.8, 4) is 11.4 Å². The van der Waals surface area contributed by atoms with Crippen molar-refractivity contribution in [1.82, 2.24) is 34.9 Å². The summed E-state index contributed by atoms with van der Waals surface area (Å²) in [4.78, 5) is 2.31. The van der Waals surface area contributed by atoms with Crippen molar-refractivity contribution in [2.75, 3.05) is 36.8 Å². The van der Waals surface area contributed by atoms with Gasteiger partial charge in [-0.05, 0) is 111 Å². The molecule has 0 aliphatic carbocycles. The van der Waals surface area contributed by atoms with Gasteiger partial charge in [0.25, 0.3) is 20.0 Å². The smallest absolute Gasteiger partial charge is 0.261 e. The monoisotopic (exact) mass is 939 g/mol. The minimum absolute atomic E-state index is 0.0605. The van der Waals surface area contributed by atoms with Crippen LogP contribution >= 0.6 is 23.2 Å². The first-order chi connectivity index (χ1) is 29.5. The van der Waals surface area contributed by atoms with Gasteiger partial charge in [-0.2, -0.15) is 0 Å². The summed E-state index contributed by atoms with van der Waals surface area (Å²) in [7, 11) is -3.81. The molecule has 19 heteroatoms. The normalized spacial score (nSPS) is 12.3. The number of nitrogens with zero attached hydrogens (tertiary/aromatic N) is 7. The molecule has 0 spiro atoms. The number of halogens is 2. The van der Waals surface area contributed by atoms with E-state index in [0.717, 1.165) is 16.8 Å². The van der Waals surface area contributed by atoms with E-state index in [9.17, 15) is 16.8 Å². The largest absolute Gasteiger partial charge is 0.347 e. The van der Waals surface area contributed by atoms with E-state index in [4.69, 9.17) is 32.7 Å². The molecular weight excluding hydrogens is 886 g/mol. The number of sulfonamides is 2. The predicted octanol–water partition coefficient (Wildman–Crippen LogP) is 9.17. The first kappa shape index (κ1) is 49.1. The molecule has 2 N–H and O–H groups in total. The average molecular weight is 941 g/mol. The van der Waals surface area contributed by atoms with Gasteiger partial charge in [0.05, 0.1) is 50.6 Å². The number of ether oxygens (including phenoxy) is 2. The third-order valence-electron chi connectivity index (χ3n) is 9.48. The van der Waals surface area contributed by atoms with Crippen LogP contribution in [0.15, 0.2) is 107 Å². The number of hydrogen-bond acceptors (Lipinski definition) is 11. The highest BCUT2D eigenvalue weighted by atomic mass is 35.5. The Morgan fingerprint density at radius 3 is 1.46 bits per heavy atom. The van der Waals surface area contributed by atoms with Crippen LogP contribution in [0.4, 0.5) is 11.4 Å². The lowest BCUT2D eigenvalue weighted by molar-refractivity contribution is -0.143. The molecule has 2 aromatic heterocycles. The Hall–Kier alpha value is -4.88. The number of aromatic nitrogens is 6. The molecule has 6 rings (SSSR count). The number of hydrogen-bond donors (Lipinski definition) is 2. The first-order valence-electron chi connectivity index (χ1n) is 20.1. The van der Waals surface area contributed by atoms with Gasteiger partial charge in [-0.3, -0.25) is 9.44 Å². The summed E-state index contributed by atoms with van der Waals surface area (Å²) in [5.41, 5.74) is 4.83. The molecular formula is C44H55Cl2N9O6S2. The third kappa shape index (κ3) is 12.7. The van der Waals surface area contributed by atoms with Gasteiger partial charge in [-0.1, -0.05) is 99.4 Å². The molecule has 0 radical (unpaired) electrons. The van der Waals surface area contributed by atoms with Crippen LogP contribution < -0.4 is 9.44 Å². The van der Waals surface area contributed by atoms with Gasteiger partial charge < -0.3 is 14.4 Å². The molecule has 0 bridgehead atoms. The lowest BCUT2D eigenvalue weighted by Gasteiger charge is -2.20. The SMILES string of the molecule is CCOC(OCC)c1cnnn1-c1cc(Cl)ccc1NS(=O)(=O)c1ccc(C(C)(C)C)cc1.CN(C)Cc1cnnn1-c1cc(Cl)ccc1NS(=O)(=O)c1ccc(C(C)(C)C)cc1. The molecule has 63 heavy (non-hydrogen) atoms. The van der Waals surface area contributed by atoms with Crippen LogP contribution in [0.3, 0.4) is 0 Å². The van der Waals surface area contributed by atoms with Crippen molar-refractivity contribution in [3.05, 3.63) is 130 Å². The molecule has 0 fully saturated rings. The molecule has 4 aromatic carbocycles. The van der Waals surface area contributed by atoms with Crippen molar-refractivity contribution in [1.29, 1.82) is 0 Å². The van der Waals surface area contributed by atoms with E-state index < -0.39 is 26.3 Å². The van der Waals surface area contributed by atoms with Crippen molar-refractivity contribution < 1.29 is 26.3 Å². The molecule has 0 atom stereocenters. The zero-order chi connectivity index (χ0) is 46.3. The van der Waals surface area contributed by atoms with Crippen LogP contribution in [0, 0.1) is 0 Å². The van der Waals surface area contributed by atoms with E-state index in [1.807, 2.05) is 57.1 Å². The number of anilines is 2. The maximum atomic E-state index is 13.2. The van der Waals surface area contributed by atoms with E-state index >= 15 is 0 Å². The number of nitrogens with one attached hydrogen (secondary N) is 2. The van der Waals surface area contributed by atoms with Gasteiger partial charge in [-0.15, -0.1) is 10.2 Å². The van der Waals surface area contributed by atoms with Crippen molar-refractivity contribution in [2.24, 2.45) is 0 Å². The Morgan fingerprint density at radius 2 is 1.05 bits per heavy atom. The van der Waals surface area contributed by atoms with Gasteiger partial charge in [-0.25, -0.2) is 26.2 Å². The van der Waals surface area contributed by atoms with Crippen molar-refractivity contribution >= 4 is 54.6 Å². The van der Waals surface area contributed by atoms with Gasteiger partial charge in [0.2, 0.25) is 6.29 Å². The summed E-state index contributed by atoms with van der Waals surface area (Å²) in [6.45, 7) is 17.6. The first-order valence-corrected chi connectivity index (χ1v) is 23.8. The topological polar surface area (TPSA) is 175 Å². The standard InChI is InChI=1S/C23H29ClN4O4S.C21H26ClN5O2S/c1-6-31-22(32-7-2)21-15-25-27-28(21)20-14-17(24)10-13-19(20)26-33(29,30)18-11-8-16(9-12-18)23(3,4)5;1-21(2,3)15-6-9-18(10-7-15)30(28,29)24-19-11-8-16(22)12-20(19)27-17(13-23-25-27)14-26(4)5/h8-15,22,26H,6-7H2,1-5H3;6-13,24H,14H2,1-5H3. The lowest BCUT2D eigenvalue weighted by Crippen LogP contribution is -2.18. The second-order valence-electron chi connectivity index (χ2n) is 16.8. The number of rotatable bonds is 15. The van der Waals surface area contributed by atoms with Crippen LogP contribution in [-0.2, 0) is 46.9 Å². The Kier molecular flexibility index (Phi) is 15.8. The quantitative estimate of drug-likeness (QED) is 0.0940. The maximum absolute atomic E-state index is 13.2. The molecule has 0 aliphatic heterocycles. The molecule has 2 heterocycles. The summed E-state index contributed by atoms with van der Waals surface area (Å²) >= 11 is 12.4. The summed E-state index contributed by atoms with van der Waals surface area (Å²) in [6, 6.07) is 23.5. The predicted molar refractivity (Wildman–Crippen MR) is 248 cm³/mol. The highest BCUT2D eigenvalue weighted by Crippen LogP contribution is 2.32. The van der Waals surface area contributed by atoms with Crippen LogP contribution in [-0.4, -0.2) is 79.0 Å². The Bertz CT molecular complexity index is 2690. The fourth-order valence-corrected chi connectivity index (χ4v) is 8.69. The Labute approximate surface area is 380 Å². The van der Waals surface area contributed by atoms with E-state index in [0.29, 0.717) is 52.6 Å². The molecule has 0 aliphatic rings. The van der Waals surface area contributed by atoms with Gasteiger partial charge in [0.15, 0.2) is 0 Å². The average Bonchev–Trinajstić information content (AvgIpc) is 3.89. The van der Waals surface area contributed by atoms with Crippen LogP contribution in [0.25, 0.3) is 11.4 Å². The summed E-state index contributed by atoms with van der Waals surface area (Å²) in [5.74, 6) is 0. The minimum Gasteiger partial charge on any atom is -0.347 e. The van der Waals surface area contributed by atoms with E-state index in [-0.39, 0.29) is 26.3 Å². The summed E-state index contributed by atoms with van der Waals surface area (Å²) in [5, 5.41) is 17.1. The van der Waals surface area contributed by atoms with Crippen molar-refractivity contribution in [2.45, 2.75) is 88.8 Å². The molecule has 0 amide bonds. The fraction of sp³-hybridized carbons (Fsp3) is 0.364. The molecule has 0 unspecified atom stereocenters. The van der Waals surface area contributed by atoms with E-state index in [1.54, 1.807) is 71.5 Å². The van der Waals surface area contributed by atoms with E-state index in [1.165, 1.54) is 10.9 Å². The molecule has 0 saturated carbocycles. The Balaban J connectivity index is 0.000000239. The fourth-order valence-electron chi connectivity index (χ4n) is 6.21. The lowest BCUT2D eigenvalue weighted by atomic mass is 9.87. The zero-order valence-electron chi connectivity index (χ0n) is 37.1. The summed E-state index contributed by atoms with van der Waals surface area (Å²) in [6.07, 6.45) is 2.44. The van der Waals surface area contributed by atoms with Crippen LogP contribution in [0.1, 0.15) is 84.2 Å². The Morgan fingerprint density at radius 1 is 0.635 bits per heavy atom. The second kappa shape index (κ2) is 20.3. The van der Waals surface area contributed by atoms with Crippen LogP contribution in [0.2, 0.25) is 10.0 Å². The minimum atomic E-state index is -3.87. The van der Waals surface area contributed by atoms with Crippen molar-refractivity contribution in [3.63, 3.8) is 0 Å². The molecule has 0 saturated heterocycles. The molecule has 6 aromatic rings. The summed E-state index contributed by atoms with van der Waals surface area (Å²) < 4.78 is 72.1. The van der Waals surface area contributed by atoms with Gasteiger partial charge in [0, 0.05) is 29.8 Å². The highest BCUT2D eigenvalue weighted by molar-refractivity contribution is 7.93. The van der Waals surface area contributed by atoms with Gasteiger partial charge >= 0.3 is 0 Å².